The zero-order valence-electron chi connectivity index (χ0n) is 12.1. The third-order valence-corrected chi connectivity index (χ3v) is 3.19. The second kappa shape index (κ2) is 7.47. The highest BCUT2D eigenvalue weighted by atomic mass is 16.5. The predicted molar refractivity (Wildman–Crippen MR) is 76.2 cm³/mol. The van der Waals surface area contributed by atoms with Gasteiger partial charge in [0.2, 0.25) is 0 Å². The van der Waals surface area contributed by atoms with Crippen LogP contribution in [0.1, 0.15) is 18.4 Å². The molecule has 2 N–H and O–H groups in total. The molecule has 112 valence electrons. The summed E-state index contributed by atoms with van der Waals surface area (Å²) in [5.74, 6) is 1.32. The number of hydrogen-bond acceptors (Lipinski definition) is 5. The van der Waals surface area contributed by atoms with E-state index in [2.05, 4.69) is 5.32 Å². The Hall–Kier alpha value is -1.30. The molecule has 0 radical (unpaired) electrons. The van der Waals surface area contributed by atoms with Crippen molar-refractivity contribution in [2.24, 2.45) is 0 Å². The van der Waals surface area contributed by atoms with Crippen molar-refractivity contribution in [2.45, 2.75) is 31.5 Å². The van der Waals surface area contributed by atoms with Gasteiger partial charge in [-0.3, -0.25) is 0 Å². The van der Waals surface area contributed by atoms with Crippen molar-refractivity contribution in [1.29, 1.82) is 0 Å². The van der Waals surface area contributed by atoms with Crippen molar-refractivity contribution >= 4 is 0 Å². The summed E-state index contributed by atoms with van der Waals surface area (Å²) in [6.45, 7) is 1.28. The molecule has 0 saturated heterocycles. The number of rotatable bonds is 9. The molecule has 0 bridgehead atoms. The highest BCUT2D eigenvalue weighted by Gasteiger charge is 2.20. The number of benzene rings is 1. The fourth-order valence-electron chi connectivity index (χ4n) is 1.92. The summed E-state index contributed by atoms with van der Waals surface area (Å²) in [6, 6.07) is 6.53. The van der Waals surface area contributed by atoms with Crippen molar-refractivity contribution in [3.8, 4) is 11.5 Å². The van der Waals surface area contributed by atoms with Crippen LogP contribution in [0, 0.1) is 0 Å². The quantitative estimate of drug-likeness (QED) is 0.715. The van der Waals surface area contributed by atoms with E-state index >= 15 is 0 Å². The van der Waals surface area contributed by atoms with Gasteiger partial charge in [0.1, 0.15) is 12.7 Å². The van der Waals surface area contributed by atoms with Gasteiger partial charge < -0.3 is 24.6 Å². The number of methoxy groups -OCH3 is 2. The molecule has 1 atom stereocenters. The molecule has 1 unspecified atom stereocenters. The summed E-state index contributed by atoms with van der Waals surface area (Å²) >= 11 is 0. The molecule has 20 heavy (non-hydrogen) atoms. The van der Waals surface area contributed by atoms with Crippen LogP contribution in [0.3, 0.4) is 0 Å². The van der Waals surface area contributed by atoms with Gasteiger partial charge >= 0.3 is 0 Å². The van der Waals surface area contributed by atoms with Gasteiger partial charge in [-0.05, 0) is 30.5 Å². The predicted octanol–water partition coefficient (Wildman–Crippen LogP) is 1.33. The standard InChI is InChI=1S/C15H23NO4/c1-18-9-13(17)10-20-14-6-3-11(7-15(14)19-2)8-16-12-4-5-12/h3,6-7,12-13,16-17H,4-5,8-10H2,1-2H3. The maximum atomic E-state index is 9.58. The third kappa shape index (κ3) is 4.67. The Kier molecular flexibility index (Phi) is 5.64. The fourth-order valence-corrected chi connectivity index (χ4v) is 1.92. The first kappa shape index (κ1) is 15.1. The summed E-state index contributed by atoms with van der Waals surface area (Å²) in [6.07, 6.45) is 1.91. The lowest BCUT2D eigenvalue weighted by Crippen LogP contribution is -2.22. The maximum Gasteiger partial charge on any atom is 0.161 e. The SMILES string of the molecule is COCC(O)COc1ccc(CNC2CC2)cc1OC. The van der Waals surface area contributed by atoms with Crippen LogP contribution in [0.15, 0.2) is 18.2 Å². The molecule has 0 spiro atoms. The largest absolute Gasteiger partial charge is 0.493 e. The third-order valence-electron chi connectivity index (χ3n) is 3.19. The Bertz CT molecular complexity index is 420. The van der Waals surface area contributed by atoms with Crippen LogP contribution in [-0.2, 0) is 11.3 Å². The summed E-state index contributed by atoms with van der Waals surface area (Å²) in [7, 11) is 3.16. The van der Waals surface area contributed by atoms with Crippen LogP contribution < -0.4 is 14.8 Å². The highest BCUT2D eigenvalue weighted by molar-refractivity contribution is 5.43. The van der Waals surface area contributed by atoms with E-state index in [1.807, 2.05) is 18.2 Å². The number of aliphatic hydroxyl groups excluding tert-OH is 1. The first-order valence-corrected chi connectivity index (χ1v) is 6.93. The minimum atomic E-state index is -0.638. The van der Waals surface area contributed by atoms with Gasteiger partial charge in [0, 0.05) is 19.7 Å². The Morgan fingerprint density at radius 2 is 2.05 bits per heavy atom. The molecule has 1 fully saturated rings. The van der Waals surface area contributed by atoms with Gasteiger partial charge in [-0.2, -0.15) is 0 Å². The monoisotopic (exact) mass is 281 g/mol. The lowest BCUT2D eigenvalue weighted by molar-refractivity contribution is 0.0319. The van der Waals surface area contributed by atoms with Gasteiger partial charge in [0.15, 0.2) is 11.5 Å². The number of nitrogens with one attached hydrogen (secondary N) is 1. The first-order valence-electron chi connectivity index (χ1n) is 6.93. The normalized spacial score (nSPS) is 15.9. The molecular formula is C15H23NO4. The molecular weight excluding hydrogens is 258 g/mol. The van der Waals surface area contributed by atoms with Gasteiger partial charge in [0.05, 0.1) is 13.7 Å². The van der Waals surface area contributed by atoms with Crippen molar-refractivity contribution in [3.05, 3.63) is 23.8 Å². The van der Waals surface area contributed by atoms with Gasteiger partial charge in [-0.1, -0.05) is 6.07 Å². The second-order valence-corrected chi connectivity index (χ2v) is 5.06. The molecule has 0 heterocycles. The Morgan fingerprint density at radius 3 is 2.70 bits per heavy atom. The van der Waals surface area contributed by atoms with E-state index < -0.39 is 6.10 Å². The van der Waals surface area contributed by atoms with E-state index in [0.29, 0.717) is 17.5 Å². The molecule has 1 aliphatic rings. The molecule has 1 aromatic rings. The number of aliphatic hydroxyl groups is 1. The second-order valence-electron chi connectivity index (χ2n) is 5.06. The maximum absolute atomic E-state index is 9.58. The summed E-state index contributed by atoms with van der Waals surface area (Å²) < 4.78 is 15.8. The van der Waals surface area contributed by atoms with E-state index in [-0.39, 0.29) is 13.2 Å². The molecule has 1 aromatic carbocycles. The van der Waals surface area contributed by atoms with Gasteiger partial charge in [-0.25, -0.2) is 0 Å². The Labute approximate surface area is 119 Å². The van der Waals surface area contributed by atoms with Crippen LogP contribution in [0.5, 0.6) is 11.5 Å². The molecule has 0 aromatic heterocycles. The van der Waals surface area contributed by atoms with E-state index in [0.717, 1.165) is 6.54 Å². The zero-order valence-corrected chi connectivity index (χ0v) is 12.1. The Balaban J connectivity index is 1.90. The Morgan fingerprint density at radius 1 is 1.25 bits per heavy atom. The zero-order chi connectivity index (χ0) is 14.4. The minimum Gasteiger partial charge on any atom is -0.493 e. The molecule has 2 rings (SSSR count). The van der Waals surface area contributed by atoms with E-state index in [1.165, 1.54) is 18.4 Å². The summed E-state index contributed by atoms with van der Waals surface area (Å²) in [5, 5.41) is 13.0. The first-order chi connectivity index (χ1) is 9.72. The van der Waals surface area contributed by atoms with E-state index in [9.17, 15) is 5.11 Å². The van der Waals surface area contributed by atoms with Gasteiger partial charge in [-0.15, -0.1) is 0 Å². The molecule has 0 aliphatic heterocycles. The highest BCUT2D eigenvalue weighted by Crippen LogP contribution is 2.28. The minimum absolute atomic E-state index is 0.184. The van der Waals surface area contributed by atoms with Gasteiger partial charge in [0.25, 0.3) is 0 Å². The lowest BCUT2D eigenvalue weighted by atomic mass is 10.2. The van der Waals surface area contributed by atoms with Crippen LogP contribution in [-0.4, -0.2) is 44.7 Å². The lowest BCUT2D eigenvalue weighted by Gasteiger charge is -2.15. The van der Waals surface area contributed by atoms with Crippen LogP contribution in [0.2, 0.25) is 0 Å². The van der Waals surface area contributed by atoms with Crippen molar-refractivity contribution in [2.75, 3.05) is 27.4 Å². The summed E-state index contributed by atoms with van der Waals surface area (Å²) in [4.78, 5) is 0. The topological polar surface area (TPSA) is 60.0 Å². The average Bonchev–Trinajstić information content (AvgIpc) is 3.27. The average molecular weight is 281 g/mol. The van der Waals surface area contributed by atoms with E-state index in [1.54, 1.807) is 14.2 Å². The van der Waals surface area contributed by atoms with Crippen molar-refractivity contribution in [3.63, 3.8) is 0 Å². The molecule has 1 aliphatic carbocycles. The molecule has 0 amide bonds. The van der Waals surface area contributed by atoms with Crippen LogP contribution in [0.4, 0.5) is 0 Å². The van der Waals surface area contributed by atoms with E-state index in [4.69, 9.17) is 14.2 Å². The molecule has 1 saturated carbocycles. The smallest absolute Gasteiger partial charge is 0.161 e. The van der Waals surface area contributed by atoms with Crippen LogP contribution >= 0.6 is 0 Å². The molecule has 5 nitrogen and oxygen atoms in total. The van der Waals surface area contributed by atoms with Crippen LogP contribution in [0.25, 0.3) is 0 Å². The molecule has 5 heteroatoms. The van der Waals surface area contributed by atoms with Crippen molar-refractivity contribution < 1.29 is 19.3 Å². The van der Waals surface area contributed by atoms with Crippen molar-refractivity contribution in [1.82, 2.24) is 5.32 Å². The number of hydrogen-bond donors (Lipinski definition) is 2. The number of ether oxygens (including phenoxy) is 3. The fraction of sp³-hybridized carbons (Fsp3) is 0.600. The summed E-state index contributed by atoms with van der Waals surface area (Å²) in [5.41, 5.74) is 1.17.